The van der Waals surface area contributed by atoms with Gasteiger partial charge in [0.05, 0.1) is 7.11 Å². The lowest BCUT2D eigenvalue weighted by molar-refractivity contribution is 0.419. The van der Waals surface area contributed by atoms with Crippen LogP contribution in [0, 0.1) is 0 Å². The fourth-order valence-corrected chi connectivity index (χ4v) is 1.94. The number of benzene rings is 1. The smallest absolute Gasteiger partial charge is 0.145 e. The summed E-state index contributed by atoms with van der Waals surface area (Å²) in [6.07, 6.45) is 6.85. The highest BCUT2D eigenvalue weighted by Gasteiger charge is 2.07. The van der Waals surface area contributed by atoms with Gasteiger partial charge in [-0.1, -0.05) is 0 Å². The van der Waals surface area contributed by atoms with E-state index in [1.54, 1.807) is 25.7 Å². The number of fused-ring (bicyclic) bond motifs is 1. The first-order valence-corrected chi connectivity index (χ1v) is 5.56. The average molecular weight is 237 g/mol. The zero-order valence-corrected chi connectivity index (χ0v) is 9.87. The van der Waals surface area contributed by atoms with Gasteiger partial charge in [0.1, 0.15) is 17.6 Å². The van der Waals surface area contributed by atoms with Gasteiger partial charge in [-0.3, -0.25) is 4.98 Å². The maximum Gasteiger partial charge on any atom is 0.145 e. The van der Waals surface area contributed by atoms with Gasteiger partial charge in [0.15, 0.2) is 0 Å². The summed E-state index contributed by atoms with van der Waals surface area (Å²) < 4.78 is 5.38. The van der Waals surface area contributed by atoms with Gasteiger partial charge in [0.25, 0.3) is 0 Å². The van der Waals surface area contributed by atoms with Crippen molar-refractivity contribution < 1.29 is 4.74 Å². The Bertz CT molecular complexity index is 683. The van der Waals surface area contributed by atoms with Crippen LogP contribution in [0.15, 0.2) is 49.2 Å². The van der Waals surface area contributed by atoms with Gasteiger partial charge in [-0.05, 0) is 35.4 Å². The molecule has 88 valence electrons. The lowest BCUT2D eigenvalue weighted by Crippen LogP contribution is -1.90. The van der Waals surface area contributed by atoms with Crippen LogP contribution in [-0.2, 0) is 0 Å². The van der Waals surface area contributed by atoms with Crippen LogP contribution in [0.25, 0.3) is 22.0 Å². The van der Waals surface area contributed by atoms with Crippen molar-refractivity contribution in [3.8, 4) is 16.9 Å². The molecule has 1 aromatic carbocycles. The number of nitrogens with zero attached hydrogens (tertiary/aromatic N) is 3. The molecule has 0 spiro atoms. The van der Waals surface area contributed by atoms with E-state index in [-0.39, 0.29) is 0 Å². The summed E-state index contributed by atoms with van der Waals surface area (Å²) in [5.41, 5.74) is 2.98. The topological polar surface area (TPSA) is 47.9 Å². The molecule has 18 heavy (non-hydrogen) atoms. The van der Waals surface area contributed by atoms with Crippen molar-refractivity contribution in [1.82, 2.24) is 15.0 Å². The van der Waals surface area contributed by atoms with Crippen LogP contribution in [-0.4, -0.2) is 22.1 Å². The molecule has 4 nitrogen and oxygen atoms in total. The number of pyridine rings is 1. The van der Waals surface area contributed by atoms with Crippen molar-refractivity contribution in [2.24, 2.45) is 0 Å². The van der Waals surface area contributed by atoms with Crippen molar-refractivity contribution in [1.29, 1.82) is 0 Å². The Balaban J connectivity index is 2.26. The van der Waals surface area contributed by atoms with Crippen LogP contribution in [0.5, 0.6) is 5.75 Å². The normalized spacial score (nSPS) is 10.5. The SMILES string of the molecule is COc1cc(-c2ccncc2)cc2cncnc12. The van der Waals surface area contributed by atoms with Crippen molar-refractivity contribution >= 4 is 10.9 Å². The Labute approximate surface area is 104 Å². The van der Waals surface area contributed by atoms with Gasteiger partial charge in [-0.25, -0.2) is 9.97 Å². The minimum atomic E-state index is 0.752. The molecule has 2 aromatic heterocycles. The number of ether oxygens (including phenoxy) is 1. The molecule has 0 radical (unpaired) electrons. The van der Waals surface area contributed by atoms with Crippen LogP contribution in [0.4, 0.5) is 0 Å². The molecule has 0 unspecified atom stereocenters. The largest absolute Gasteiger partial charge is 0.494 e. The second kappa shape index (κ2) is 4.41. The number of hydrogen-bond donors (Lipinski definition) is 0. The van der Waals surface area contributed by atoms with E-state index in [4.69, 9.17) is 4.74 Å². The summed E-state index contributed by atoms with van der Waals surface area (Å²) in [6, 6.07) is 7.95. The molecule has 0 aliphatic carbocycles. The Kier molecular flexibility index (Phi) is 2.61. The van der Waals surface area contributed by atoms with Gasteiger partial charge < -0.3 is 4.74 Å². The summed E-state index contributed by atoms with van der Waals surface area (Å²) in [4.78, 5) is 12.3. The number of hydrogen-bond acceptors (Lipinski definition) is 4. The van der Waals surface area contributed by atoms with Crippen molar-refractivity contribution in [2.75, 3.05) is 7.11 Å². The van der Waals surface area contributed by atoms with E-state index in [1.807, 2.05) is 24.3 Å². The summed E-state index contributed by atoms with van der Waals surface area (Å²) in [5, 5.41) is 0.962. The highest BCUT2D eigenvalue weighted by atomic mass is 16.5. The summed E-state index contributed by atoms with van der Waals surface area (Å²) >= 11 is 0. The fraction of sp³-hybridized carbons (Fsp3) is 0.0714. The second-order valence-corrected chi connectivity index (χ2v) is 3.87. The van der Waals surface area contributed by atoms with Crippen molar-refractivity contribution in [3.63, 3.8) is 0 Å². The maximum atomic E-state index is 5.38. The first-order valence-electron chi connectivity index (χ1n) is 5.56. The molecule has 0 aliphatic rings. The van der Waals surface area contributed by atoms with Gasteiger partial charge in [0.2, 0.25) is 0 Å². The minimum Gasteiger partial charge on any atom is -0.494 e. The Hall–Kier alpha value is -2.49. The molecule has 3 aromatic rings. The minimum absolute atomic E-state index is 0.752. The molecular formula is C14H11N3O. The third-order valence-corrected chi connectivity index (χ3v) is 2.81. The zero-order valence-electron chi connectivity index (χ0n) is 9.87. The molecule has 0 N–H and O–H groups in total. The first kappa shape index (κ1) is 10.7. The summed E-state index contributed by atoms with van der Waals surface area (Å²) in [5.74, 6) is 0.752. The summed E-state index contributed by atoms with van der Waals surface area (Å²) in [7, 11) is 1.65. The molecular weight excluding hydrogens is 226 g/mol. The van der Waals surface area contributed by atoms with Crippen LogP contribution >= 0.6 is 0 Å². The molecule has 0 saturated carbocycles. The lowest BCUT2D eigenvalue weighted by Gasteiger charge is -2.08. The van der Waals surface area contributed by atoms with Crippen LogP contribution in [0.1, 0.15) is 0 Å². The molecule has 0 fully saturated rings. The van der Waals surface area contributed by atoms with E-state index in [9.17, 15) is 0 Å². The first-order chi connectivity index (χ1) is 8.88. The van der Waals surface area contributed by atoms with Crippen molar-refractivity contribution in [2.45, 2.75) is 0 Å². The Morgan fingerprint density at radius 1 is 1.00 bits per heavy atom. The van der Waals surface area contributed by atoms with Gasteiger partial charge in [0, 0.05) is 24.0 Å². The van der Waals surface area contributed by atoms with Gasteiger partial charge >= 0.3 is 0 Å². The second-order valence-electron chi connectivity index (χ2n) is 3.87. The molecule has 0 aliphatic heterocycles. The molecule has 3 rings (SSSR count). The van der Waals surface area contributed by atoms with E-state index in [0.717, 1.165) is 27.8 Å². The predicted molar refractivity (Wildman–Crippen MR) is 69.3 cm³/mol. The highest BCUT2D eigenvalue weighted by Crippen LogP contribution is 2.30. The monoisotopic (exact) mass is 237 g/mol. The third-order valence-electron chi connectivity index (χ3n) is 2.81. The fourth-order valence-electron chi connectivity index (χ4n) is 1.94. The average Bonchev–Trinajstić information content (AvgIpc) is 2.47. The van der Waals surface area contributed by atoms with E-state index in [2.05, 4.69) is 15.0 Å². The highest BCUT2D eigenvalue weighted by molar-refractivity contribution is 5.89. The van der Waals surface area contributed by atoms with E-state index in [0.29, 0.717) is 0 Å². The lowest BCUT2D eigenvalue weighted by atomic mass is 10.0. The van der Waals surface area contributed by atoms with E-state index < -0.39 is 0 Å². The third kappa shape index (κ3) is 1.78. The maximum absolute atomic E-state index is 5.38. The van der Waals surface area contributed by atoms with Gasteiger partial charge in [-0.2, -0.15) is 0 Å². The van der Waals surface area contributed by atoms with Crippen molar-refractivity contribution in [3.05, 3.63) is 49.2 Å². The zero-order chi connectivity index (χ0) is 12.4. The predicted octanol–water partition coefficient (Wildman–Crippen LogP) is 2.70. The molecule has 0 amide bonds. The van der Waals surface area contributed by atoms with E-state index in [1.165, 1.54) is 6.33 Å². The molecule has 0 bridgehead atoms. The molecule has 0 atom stereocenters. The van der Waals surface area contributed by atoms with Crippen LogP contribution in [0.3, 0.4) is 0 Å². The number of methoxy groups -OCH3 is 1. The summed E-state index contributed by atoms with van der Waals surface area (Å²) in [6.45, 7) is 0. The quantitative estimate of drug-likeness (QED) is 0.687. The molecule has 4 heteroatoms. The van der Waals surface area contributed by atoms with E-state index >= 15 is 0 Å². The number of aromatic nitrogens is 3. The molecule has 0 saturated heterocycles. The number of rotatable bonds is 2. The van der Waals surface area contributed by atoms with Crippen LogP contribution < -0.4 is 4.74 Å². The van der Waals surface area contributed by atoms with Crippen LogP contribution in [0.2, 0.25) is 0 Å². The Morgan fingerprint density at radius 3 is 2.61 bits per heavy atom. The Morgan fingerprint density at radius 2 is 1.83 bits per heavy atom. The standard InChI is InChI=1S/C14H11N3O/c1-18-13-7-11(10-2-4-15-5-3-10)6-12-8-16-9-17-14(12)13/h2-9H,1H3. The molecule has 2 heterocycles. The van der Waals surface area contributed by atoms with Gasteiger partial charge in [-0.15, -0.1) is 0 Å².